The van der Waals surface area contributed by atoms with E-state index in [1.54, 1.807) is 6.92 Å². The molecule has 0 aliphatic carbocycles. The van der Waals surface area contributed by atoms with Crippen LogP contribution in [0, 0.1) is 5.82 Å². The summed E-state index contributed by atoms with van der Waals surface area (Å²) in [5.74, 6) is -0.341. The molecule has 0 aliphatic heterocycles. The van der Waals surface area contributed by atoms with Crippen LogP contribution in [0.1, 0.15) is 19.8 Å². The first-order valence-corrected chi connectivity index (χ1v) is 5.09. The second-order valence-corrected chi connectivity index (χ2v) is 3.06. The molecule has 1 heterocycles. The van der Waals surface area contributed by atoms with Crippen molar-refractivity contribution in [2.45, 2.75) is 19.8 Å². The standard InChI is InChI=1S/C10H14FN3O2/c1-2-16-9(15)4-3-5-12-10-13-6-8(11)7-14-10/h6-7H,2-5H2,1H3,(H,12,13,14). The van der Waals surface area contributed by atoms with E-state index in [1.807, 2.05) is 0 Å². The van der Waals surface area contributed by atoms with E-state index in [0.29, 0.717) is 31.9 Å². The van der Waals surface area contributed by atoms with Crippen molar-refractivity contribution in [1.29, 1.82) is 0 Å². The topological polar surface area (TPSA) is 64.1 Å². The van der Waals surface area contributed by atoms with Gasteiger partial charge in [-0.1, -0.05) is 0 Å². The van der Waals surface area contributed by atoms with Crippen LogP contribution < -0.4 is 5.32 Å². The van der Waals surface area contributed by atoms with Gasteiger partial charge in [0.15, 0.2) is 5.82 Å². The average Bonchev–Trinajstić information content (AvgIpc) is 2.27. The molecule has 0 amide bonds. The monoisotopic (exact) mass is 227 g/mol. The highest BCUT2D eigenvalue weighted by atomic mass is 19.1. The van der Waals surface area contributed by atoms with Crippen LogP contribution in [0.5, 0.6) is 0 Å². The maximum absolute atomic E-state index is 12.5. The van der Waals surface area contributed by atoms with Gasteiger partial charge in [0.25, 0.3) is 0 Å². The number of hydrogen-bond donors (Lipinski definition) is 1. The first-order valence-electron chi connectivity index (χ1n) is 5.09. The van der Waals surface area contributed by atoms with Crippen molar-refractivity contribution in [3.8, 4) is 0 Å². The number of hydrogen-bond acceptors (Lipinski definition) is 5. The Balaban J connectivity index is 2.16. The summed E-state index contributed by atoms with van der Waals surface area (Å²) in [5, 5.41) is 2.87. The first kappa shape index (κ1) is 12.4. The molecular weight excluding hydrogens is 213 g/mol. The lowest BCUT2D eigenvalue weighted by Crippen LogP contribution is -2.09. The number of carbonyl (C=O) groups is 1. The molecule has 1 aromatic heterocycles. The Hall–Kier alpha value is -1.72. The highest BCUT2D eigenvalue weighted by molar-refractivity contribution is 5.69. The summed E-state index contributed by atoms with van der Waals surface area (Å²) in [5.41, 5.74) is 0. The number of nitrogens with one attached hydrogen (secondary N) is 1. The van der Waals surface area contributed by atoms with E-state index in [-0.39, 0.29) is 5.97 Å². The molecule has 5 nitrogen and oxygen atoms in total. The van der Waals surface area contributed by atoms with Gasteiger partial charge in [0, 0.05) is 13.0 Å². The van der Waals surface area contributed by atoms with Gasteiger partial charge in [-0.3, -0.25) is 4.79 Å². The summed E-state index contributed by atoms with van der Waals surface area (Å²) in [6.45, 7) is 2.71. The minimum atomic E-state index is -0.475. The van der Waals surface area contributed by atoms with Crippen molar-refractivity contribution in [1.82, 2.24) is 9.97 Å². The molecule has 88 valence electrons. The molecule has 1 N–H and O–H groups in total. The number of ether oxygens (including phenoxy) is 1. The maximum atomic E-state index is 12.5. The van der Waals surface area contributed by atoms with E-state index in [9.17, 15) is 9.18 Å². The van der Waals surface area contributed by atoms with Gasteiger partial charge < -0.3 is 10.1 Å². The molecule has 0 saturated heterocycles. The van der Waals surface area contributed by atoms with Crippen LogP contribution in [0.4, 0.5) is 10.3 Å². The SMILES string of the molecule is CCOC(=O)CCCNc1ncc(F)cn1. The van der Waals surface area contributed by atoms with Gasteiger partial charge in [0.2, 0.25) is 5.95 Å². The quantitative estimate of drug-likeness (QED) is 0.587. The van der Waals surface area contributed by atoms with Crippen molar-refractivity contribution < 1.29 is 13.9 Å². The fraction of sp³-hybridized carbons (Fsp3) is 0.500. The van der Waals surface area contributed by atoms with Gasteiger partial charge in [0.1, 0.15) is 0 Å². The van der Waals surface area contributed by atoms with E-state index in [2.05, 4.69) is 15.3 Å². The van der Waals surface area contributed by atoms with E-state index in [4.69, 9.17) is 4.74 Å². The Morgan fingerprint density at radius 1 is 1.50 bits per heavy atom. The molecule has 0 aliphatic rings. The summed E-state index contributed by atoms with van der Waals surface area (Å²) in [6.07, 6.45) is 3.14. The number of anilines is 1. The molecule has 0 bridgehead atoms. The fourth-order valence-corrected chi connectivity index (χ4v) is 1.07. The molecule has 0 unspecified atom stereocenters. The number of nitrogens with zero attached hydrogens (tertiary/aromatic N) is 2. The zero-order valence-electron chi connectivity index (χ0n) is 9.07. The third-order valence-corrected chi connectivity index (χ3v) is 1.77. The summed E-state index contributed by atoms with van der Waals surface area (Å²) < 4.78 is 17.2. The normalized spacial score (nSPS) is 9.88. The molecule has 1 rings (SSSR count). The lowest BCUT2D eigenvalue weighted by Gasteiger charge is -2.04. The van der Waals surface area contributed by atoms with Gasteiger partial charge in [-0.15, -0.1) is 0 Å². The molecule has 1 aromatic rings. The lowest BCUT2D eigenvalue weighted by atomic mass is 10.3. The third kappa shape index (κ3) is 4.68. The minimum Gasteiger partial charge on any atom is -0.466 e. The summed E-state index contributed by atoms with van der Waals surface area (Å²) in [6, 6.07) is 0. The van der Waals surface area contributed by atoms with Gasteiger partial charge in [-0.05, 0) is 13.3 Å². The maximum Gasteiger partial charge on any atom is 0.305 e. The predicted molar refractivity (Wildman–Crippen MR) is 56.3 cm³/mol. The van der Waals surface area contributed by atoms with E-state index >= 15 is 0 Å². The van der Waals surface area contributed by atoms with Gasteiger partial charge in [-0.2, -0.15) is 0 Å². The second kappa shape index (κ2) is 6.71. The molecule has 0 fully saturated rings. The summed E-state index contributed by atoms with van der Waals surface area (Å²) in [7, 11) is 0. The first-order chi connectivity index (χ1) is 7.72. The van der Waals surface area contributed by atoms with Gasteiger partial charge in [0.05, 0.1) is 19.0 Å². The Bertz CT molecular complexity index is 329. The highest BCUT2D eigenvalue weighted by Crippen LogP contribution is 1.99. The number of carbonyl (C=O) groups excluding carboxylic acids is 1. The molecule has 0 aromatic carbocycles. The van der Waals surface area contributed by atoms with Gasteiger partial charge >= 0.3 is 5.97 Å². The smallest absolute Gasteiger partial charge is 0.305 e. The molecule has 0 spiro atoms. The van der Waals surface area contributed by atoms with E-state index in [0.717, 1.165) is 12.4 Å². The summed E-state index contributed by atoms with van der Waals surface area (Å²) in [4.78, 5) is 18.4. The van der Waals surface area contributed by atoms with Gasteiger partial charge in [-0.25, -0.2) is 14.4 Å². The summed E-state index contributed by atoms with van der Waals surface area (Å²) >= 11 is 0. The second-order valence-electron chi connectivity index (χ2n) is 3.06. The molecule has 16 heavy (non-hydrogen) atoms. The van der Waals surface area contributed by atoms with Crippen LogP contribution in [0.25, 0.3) is 0 Å². The molecule has 0 radical (unpaired) electrons. The Labute approximate surface area is 93.1 Å². The van der Waals surface area contributed by atoms with Crippen LogP contribution in [0.2, 0.25) is 0 Å². The molecular formula is C10H14FN3O2. The zero-order chi connectivity index (χ0) is 11.8. The number of rotatable bonds is 6. The number of halogens is 1. The van der Waals surface area contributed by atoms with Crippen molar-refractivity contribution in [3.05, 3.63) is 18.2 Å². The molecule has 0 atom stereocenters. The average molecular weight is 227 g/mol. The van der Waals surface area contributed by atoms with E-state index < -0.39 is 5.82 Å². The molecule has 6 heteroatoms. The number of esters is 1. The Kier molecular flexibility index (Phi) is 5.18. The van der Waals surface area contributed by atoms with Crippen molar-refractivity contribution in [2.24, 2.45) is 0 Å². The minimum absolute atomic E-state index is 0.218. The van der Waals surface area contributed by atoms with E-state index in [1.165, 1.54) is 0 Å². The Morgan fingerprint density at radius 3 is 2.81 bits per heavy atom. The largest absolute Gasteiger partial charge is 0.466 e. The van der Waals surface area contributed by atoms with Crippen molar-refractivity contribution >= 4 is 11.9 Å². The van der Waals surface area contributed by atoms with Crippen molar-refractivity contribution in [2.75, 3.05) is 18.5 Å². The fourth-order valence-electron chi connectivity index (χ4n) is 1.07. The molecule has 0 saturated carbocycles. The van der Waals surface area contributed by atoms with Crippen LogP contribution in [0.3, 0.4) is 0 Å². The predicted octanol–water partition coefficient (Wildman–Crippen LogP) is 1.37. The third-order valence-electron chi connectivity index (χ3n) is 1.77. The number of aromatic nitrogens is 2. The van der Waals surface area contributed by atoms with Crippen LogP contribution in [-0.2, 0) is 9.53 Å². The zero-order valence-corrected chi connectivity index (χ0v) is 9.07. The Morgan fingerprint density at radius 2 is 2.19 bits per heavy atom. The van der Waals surface area contributed by atoms with Crippen molar-refractivity contribution in [3.63, 3.8) is 0 Å². The highest BCUT2D eigenvalue weighted by Gasteiger charge is 2.01. The lowest BCUT2D eigenvalue weighted by molar-refractivity contribution is -0.143. The van der Waals surface area contributed by atoms with Crippen LogP contribution >= 0.6 is 0 Å². The van der Waals surface area contributed by atoms with Crippen LogP contribution in [-0.4, -0.2) is 29.1 Å². The van der Waals surface area contributed by atoms with Crippen LogP contribution in [0.15, 0.2) is 12.4 Å².